The number of carbonyl (C=O) groups is 2. The first-order valence-corrected chi connectivity index (χ1v) is 10.7. The van der Waals surface area contributed by atoms with Crippen molar-refractivity contribution in [2.24, 2.45) is 0 Å². The molecule has 1 aliphatic rings. The fourth-order valence-electron chi connectivity index (χ4n) is 2.95. The van der Waals surface area contributed by atoms with Crippen LogP contribution in [0.4, 0.5) is 0 Å². The van der Waals surface area contributed by atoms with E-state index in [0.29, 0.717) is 26.1 Å². The molecule has 1 unspecified atom stereocenters. The van der Waals surface area contributed by atoms with Crippen LogP contribution in [0.1, 0.15) is 18.1 Å². The minimum Gasteiger partial charge on any atom is -0.508 e. The monoisotopic (exact) mass is 424 g/mol. The number of hydrogen-bond donors (Lipinski definition) is 3. The van der Waals surface area contributed by atoms with Crippen LogP contribution >= 0.6 is 32.4 Å². The molecule has 142 valence electrons. The lowest BCUT2D eigenvalue weighted by molar-refractivity contribution is -0.126. The zero-order valence-electron chi connectivity index (χ0n) is 14.7. The smallest absolute Gasteiger partial charge is 0.254 e. The van der Waals surface area contributed by atoms with E-state index in [1.165, 1.54) is 31.0 Å². The van der Waals surface area contributed by atoms with E-state index in [1.54, 1.807) is 12.1 Å². The minimum absolute atomic E-state index is 0.0554. The second kappa shape index (κ2) is 7.84. The highest BCUT2D eigenvalue weighted by Gasteiger charge is 2.36. The lowest BCUT2D eigenvalue weighted by Crippen LogP contribution is -2.29. The van der Waals surface area contributed by atoms with Gasteiger partial charge in [-0.25, -0.2) is 0 Å². The van der Waals surface area contributed by atoms with Crippen molar-refractivity contribution in [3.05, 3.63) is 63.6 Å². The van der Waals surface area contributed by atoms with Crippen LogP contribution in [0.2, 0.25) is 5.02 Å². The minimum atomic E-state index is -1.52. The van der Waals surface area contributed by atoms with E-state index in [1.807, 2.05) is 18.2 Å². The quantitative estimate of drug-likeness (QED) is 0.648. The highest BCUT2D eigenvalue weighted by Crippen LogP contribution is 2.60. The van der Waals surface area contributed by atoms with Gasteiger partial charge in [-0.15, -0.1) is 10.1 Å². The lowest BCUT2D eigenvalue weighted by atomic mass is 10.1. The van der Waals surface area contributed by atoms with E-state index in [9.17, 15) is 14.7 Å². The summed E-state index contributed by atoms with van der Waals surface area (Å²) in [5.74, 6) is -0.538. The number of amides is 2. The molecule has 2 aromatic rings. The number of phenolic OH excluding ortho intramolecular Hbond substituents is 1. The van der Waals surface area contributed by atoms with Crippen LogP contribution in [0.3, 0.4) is 0 Å². The number of aromatic hydroxyl groups is 1. The SMILES string of the molecule is CNC(=O)C1=C(N(Cc2ccccc2Cl)C(C)=O)[SH](Cl)c2cc(O)ccc21. The second-order valence-corrected chi connectivity index (χ2v) is 8.85. The van der Waals surface area contributed by atoms with Crippen molar-refractivity contribution in [3.63, 3.8) is 0 Å². The van der Waals surface area contributed by atoms with Crippen LogP contribution in [0.15, 0.2) is 52.4 Å². The van der Waals surface area contributed by atoms with Crippen LogP contribution in [-0.2, 0) is 16.1 Å². The average Bonchev–Trinajstić information content (AvgIpc) is 2.92. The topological polar surface area (TPSA) is 69.6 Å². The Morgan fingerprint density at radius 2 is 1.93 bits per heavy atom. The number of likely N-dealkylation sites (N-methyl/N-ethyl adjacent to an activating group) is 1. The van der Waals surface area contributed by atoms with E-state index in [0.717, 1.165) is 5.56 Å². The molecule has 8 heteroatoms. The Labute approximate surface area is 169 Å². The Morgan fingerprint density at radius 3 is 2.56 bits per heavy atom. The molecule has 0 aromatic heterocycles. The standard InChI is InChI=1S/C19H18Cl2N2O3S/c1-11(24)23(10-12-5-3-4-6-15(12)20)19-17(18(26)22-2)14-8-7-13(25)9-16(14)27(19)21/h3-9,25,27H,10H2,1-2H3,(H,22,26). The number of rotatable bonds is 4. The molecule has 2 amide bonds. The lowest BCUT2D eigenvalue weighted by Gasteiger charge is -2.27. The van der Waals surface area contributed by atoms with Gasteiger partial charge in [0.05, 0.1) is 17.1 Å². The fraction of sp³-hybridized carbons (Fsp3) is 0.158. The summed E-state index contributed by atoms with van der Waals surface area (Å²) in [7, 11) is 6.71. The van der Waals surface area contributed by atoms with Crippen molar-refractivity contribution in [2.45, 2.75) is 18.4 Å². The number of hydrogen-bond acceptors (Lipinski definition) is 3. The van der Waals surface area contributed by atoms with Crippen molar-refractivity contribution >= 4 is 49.8 Å². The number of carbonyl (C=O) groups excluding carboxylic acids is 2. The molecule has 0 saturated carbocycles. The molecule has 1 atom stereocenters. The van der Waals surface area contributed by atoms with Crippen LogP contribution in [0, 0.1) is 0 Å². The molecule has 0 bridgehead atoms. The number of phenols is 1. The van der Waals surface area contributed by atoms with Crippen LogP contribution in [-0.4, -0.2) is 28.9 Å². The van der Waals surface area contributed by atoms with Gasteiger partial charge in [0.15, 0.2) is 0 Å². The molecule has 5 nitrogen and oxygen atoms in total. The van der Waals surface area contributed by atoms with Crippen LogP contribution in [0.25, 0.3) is 5.57 Å². The van der Waals surface area contributed by atoms with Crippen molar-refractivity contribution in [3.8, 4) is 5.75 Å². The summed E-state index contributed by atoms with van der Waals surface area (Å²) in [6, 6.07) is 11.9. The number of halogens is 2. The Balaban J connectivity index is 2.15. The predicted octanol–water partition coefficient (Wildman–Crippen LogP) is 4.04. The van der Waals surface area contributed by atoms with Crippen molar-refractivity contribution in [1.82, 2.24) is 10.2 Å². The molecule has 27 heavy (non-hydrogen) atoms. The molecule has 0 spiro atoms. The number of nitrogens with zero attached hydrogens (tertiary/aromatic N) is 1. The number of nitrogens with one attached hydrogen (secondary N) is 1. The van der Waals surface area contributed by atoms with E-state index in [4.69, 9.17) is 22.3 Å². The molecular formula is C19H18Cl2N2O3S. The Morgan fingerprint density at radius 1 is 1.22 bits per heavy atom. The molecule has 2 N–H and O–H groups in total. The summed E-state index contributed by atoms with van der Waals surface area (Å²) in [6.07, 6.45) is 0. The molecule has 0 aliphatic carbocycles. The maximum atomic E-state index is 12.6. The molecule has 0 fully saturated rings. The third kappa shape index (κ3) is 3.65. The van der Waals surface area contributed by atoms with Gasteiger partial charge in [-0.1, -0.05) is 40.5 Å². The first kappa shape index (κ1) is 19.6. The van der Waals surface area contributed by atoms with Gasteiger partial charge in [0.25, 0.3) is 5.91 Å². The summed E-state index contributed by atoms with van der Waals surface area (Å²) in [6.45, 7) is 1.61. The maximum absolute atomic E-state index is 12.6. The third-order valence-corrected chi connectivity index (χ3v) is 7.27. The van der Waals surface area contributed by atoms with Gasteiger partial charge in [0.1, 0.15) is 5.75 Å². The summed E-state index contributed by atoms with van der Waals surface area (Å²) in [4.78, 5) is 27.2. The van der Waals surface area contributed by atoms with E-state index in [2.05, 4.69) is 5.32 Å². The first-order valence-electron chi connectivity index (χ1n) is 8.12. The summed E-state index contributed by atoms with van der Waals surface area (Å²) in [5.41, 5.74) is 1.71. The molecule has 1 heterocycles. The first-order chi connectivity index (χ1) is 12.8. The number of benzene rings is 2. The Hall–Kier alpha value is -2.15. The molecule has 0 radical (unpaired) electrons. The average molecular weight is 425 g/mol. The van der Waals surface area contributed by atoms with Crippen molar-refractivity contribution < 1.29 is 14.7 Å². The maximum Gasteiger partial charge on any atom is 0.254 e. The number of thiol groups is 1. The molecule has 2 aromatic carbocycles. The zero-order valence-corrected chi connectivity index (χ0v) is 17.1. The largest absolute Gasteiger partial charge is 0.508 e. The second-order valence-electron chi connectivity index (χ2n) is 5.96. The van der Waals surface area contributed by atoms with Gasteiger partial charge in [-0.05, 0) is 29.8 Å². The van der Waals surface area contributed by atoms with Gasteiger partial charge in [0.2, 0.25) is 5.91 Å². The summed E-state index contributed by atoms with van der Waals surface area (Å²) >= 11 is 6.26. The number of fused-ring (bicyclic) bond motifs is 1. The van der Waals surface area contributed by atoms with Gasteiger partial charge in [-0.2, -0.15) is 0 Å². The molecule has 1 aliphatic heterocycles. The molecular weight excluding hydrogens is 407 g/mol. The summed E-state index contributed by atoms with van der Waals surface area (Å²) in [5, 5.41) is 13.4. The van der Waals surface area contributed by atoms with Gasteiger partial charge >= 0.3 is 0 Å². The Bertz CT molecular complexity index is 962. The van der Waals surface area contributed by atoms with Crippen LogP contribution < -0.4 is 5.32 Å². The molecule has 3 rings (SSSR count). The van der Waals surface area contributed by atoms with Crippen LogP contribution in [0.5, 0.6) is 5.75 Å². The highest BCUT2D eigenvalue weighted by atomic mass is 35.7. The normalized spacial score (nSPS) is 16.8. The van der Waals surface area contributed by atoms with E-state index in [-0.39, 0.29) is 24.1 Å². The van der Waals surface area contributed by atoms with Gasteiger partial charge < -0.3 is 15.3 Å². The van der Waals surface area contributed by atoms with Gasteiger partial charge in [-0.3, -0.25) is 9.59 Å². The Kier molecular flexibility index (Phi) is 5.69. The van der Waals surface area contributed by atoms with Crippen molar-refractivity contribution in [2.75, 3.05) is 7.05 Å². The zero-order chi connectivity index (χ0) is 19.7. The summed E-state index contributed by atoms with van der Waals surface area (Å²) < 4.78 is 0. The highest BCUT2D eigenvalue weighted by molar-refractivity contribution is 8.39. The third-order valence-electron chi connectivity index (χ3n) is 4.25. The van der Waals surface area contributed by atoms with Gasteiger partial charge in [0, 0.05) is 29.5 Å². The van der Waals surface area contributed by atoms with E-state index >= 15 is 0 Å². The van der Waals surface area contributed by atoms with Crippen molar-refractivity contribution in [1.29, 1.82) is 0 Å². The predicted molar refractivity (Wildman–Crippen MR) is 110 cm³/mol. The van der Waals surface area contributed by atoms with E-state index < -0.39 is 10.1 Å². The fourth-order valence-corrected chi connectivity index (χ4v) is 5.80. The molecule has 0 saturated heterocycles.